The Morgan fingerprint density at radius 2 is 1.85 bits per heavy atom. The molecule has 0 radical (unpaired) electrons. The highest BCUT2D eigenvalue weighted by Crippen LogP contribution is 2.36. The van der Waals surface area contributed by atoms with Crippen LogP contribution >= 0.6 is 0 Å². The third-order valence-corrected chi connectivity index (χ3v) is 6.09. The number of rotatable bonds is 3. The molecule has 2 amide bonds. The Labute approximate surface area is 160 Å². The van der Waals surface area contributed by atoms with Crippen molar-refractivity contribution >= 4 is 6.03 Å². The van der Waals surface area contributed by atoms with Crippen molar-refractivity contribution < 1.29 is 9.18 Å². The summed E-state index contributed by atoms with van der Waals surface area (Å²) in [6, 6.07) is 15.5. The summed E-state index contributed by atoms with van der Waals surface area (Å²) in [7, 11) is 3.87. The average molecular weight is 367 g/mol. The molecule has 1 heterocycles. The molecule has 4 rings (SSSR count). The second kappa shape index (κ2) is 7.31. The lowest BCUT2D eigenvalue weighted by Gasteiger charge is -2.45. The number of halogens is 1. The lowest BCUT2D eigenvalue weighted by molar-refractivity contribution is 0.0973. The number of nitrogens with one attached hydrogen (secondary N) is 1. The molecule has 4 nitrogen and oxygen atoms in total. The normalized spacial score (nSPS) is 24.1. The van der Waals surface area contributed by atoms with Gasteiger partial charge in [0.2, 0.25) is 0 Å². The first-order valence-corrected chi connectivity index (χ1v) is 9.62. The van der Waals surface area contributed by atoms with Crippen LogP contribution in [-0.2, 0) is 6.42 Å². The predicted octanol–water partition coefficient (Wildman–Crippen LogP) is 3.58. The van der Waals surface area contributed by atoms with Crippen LogP contribution in [0, 0.1) is 5.82 Å². The van der Waals surface area contributed by atoms with E-state index < -0.39 is 0 Å². The Morgan fingerprint density at radius 1 is 1.15 bits per heavy atom. The zero-order chi connectivity index (χ0) is 19.0. The van der Waals surface area contributed by atoms with Crippen molar-refractivity contribution in [2.24, 2.45) is 0 Å². The number of amides is 2. The zero-order valence-electron chi connectivity index (χ0n) is 15.9. The molecule has 1 aliphatic carbocycles. The van der Waals surface area contributed by atoms with Gasteiger partial charge in [-0.25, -0.2) is 9.18 Å². The average Bonchev–Trinajstić information content (AvgIpc) is 2.66. The Balaban J connectivity index is 1.64. The Hall–Kier alpha value is -2.40. The van der Waals surface area contributed by atoms with Gasteiger partial charge in [0.25, 0.3) is 0 Å². The fraction of sp³-hybridized carbons (Fsp3) is 0.409. The molecule has 0 aromatic heterocycles. The third-order valence-electron chi connectivity index (χ3n) is 6.09. The minimum atomic E-state index is -0.259. The lowest BCUT2D eigenvalue weighted by atomic mass is 9.85. The van der Waals surface area contributed by atoms with Gasteiger partial charge in [-0.3, -0.25) is 0 Å². The standard InChI is InChI=1S/C22H26FN3O/c1-24-18-13-19(14-18)25(2)22(27)26-12-11-15-5-3-4-6-20(15)21(26)16-7-9-17(23)10-8-16/h3-10,18-19,21,24H,11-14H2,1-2H3/t18?,19?,21-/m0/s1. The minimum absolute atomic E-state index is 0.0541. The molecule has 1 N–H and O–H groups in total. The molecular weight excluding hydrogens is 341 g/mol. The topological polar surface area (TPSA) is 35.6 Å². The van der Waals surface area contributed by atoms with Crippen LogP contribution in [-0.4, -0.2) is 48.6 Å². The van der Waals surface area contributed by atoms with E-state index in [1.807, 2.05) is 36.0 Å². The number of benzene rings is 2. The van der Waals surface area contributed by atoms with Crippen molar-refractivity contribution in [3.8, 4) is 0 Å². The van der Waals surface area contributed by atoms with E-state index in [-0.39, 0.29) is 23.9 Å². The van der Waals surface area contributed by atoms with Crippen LogP contribution in [0.15, 0.2) is 48.5 Å². The van der Waals surface area contributed by atoms with Crippen molar-refractivity contribution in [1.29, 1.82) is 0 Å². The molecule has 1 saturated carbocycles. The summed E-state index contributed by atoms with van der Waals surface area (Å²) in [5.41, 5.74) is 3.35. The molecule has 0 unspecified atom stereocenters. The SMILES string of the molecule is CNC1CC(N(C)C(=O)N2CCc3ccccc3[C@@H]2c2ccc(F)cc2)C1. The van der Waals surface area contributed by atoms with Gasteiger partial charge in [-0.2, -0.15) is 0 Å². The van der Waals surface area contributed by atoms with Gasteiger partial charge in [0.05, 0.1) is 6.04 Å². The van der Waals surface area contributed by atoms with Crippen LogP contribution in [0.1, 0.15) is 35.6 Å². The maximum absolute atomic E-state index is 13.5. The summed E-state index contributed by atoms with van der Waals surface area (Å²) in [6.07, 6.45) is 2.83. The van der Waals surface area contributed by atoms with Crippen molar-refractivity contribution in [3.05, 3.63) is 71.0 Å². The molecule has 5 heteroatoms. The second-order valence-corrected chi connectivity index (χ2v) is 7.60. The molecule has 142 valence electrons. The van der Waals surface area contributed by atoms with E-state index in [1.54, 1.807) is 12.1 Å². The number of urea groups is 1. The highest BCUT2D eigenvalue weighted by molar-refractivity contribution is 5.76. The van der Waals surface area contributed by atoms with Crippen LogP contribution < -0.4 is 5.32 Å². The molecule has 0 saturated heterocycles. The van der Waals surface area contributed by atoms with Gasteiger partial charge in [0, 0.05) is 25.7 Å². The number of carbonyl (C=O) groups excluding carboxylic acids is 1. The van der Waals surface area contributed by atoms with E-state index in [4.69, 9.17) is 0 Å². The summed E-state index contributed by atoms with van der Waals surface area (Å²) in [5, 5.41) is 3.27. The van der Waals surface area contributed by atoms with Crippen molar-refractivity contribution in [2.75, 3.05) is 20.6 Å². The van der Waals surface area contributed by atoms with Crippen LogP contribution in [0.25, 0.3) is 0 Å². The maximum atomic E-state index is 13.5. The van der Waals surface area contributed by atoms with E-state index in [0.717, 1.165) is 30.4 Å². The first-order valence-electron chi connectivity index (χ1n) is 9.62. The molecule has 1 atom stereocenters. The van der Waals surface area contributed by atoms with E-state index in [9.17, 15) is 9.18 Å². The Kier molecular flexibility index (Phi) is 4.87. The van der Waals surface area contributed by atoms with Crippen LogP contribution in [0.2, 0.25) is 0 Å². The van der Waals surface area contributed by atoms with Crippen molar-refractivity contribution in [3.63, 3.8) is 0 Å². The van der Waals surface area contributed by atoms with Crippen molar-refractivity contribution in [2.45, 2.75) is 37.4 Å². The number of hydrogen-bond acceptors (Lipinski definition) is 2. The monoisotopic (exact) mass is 367 g/mol. The van der Waals surface area contributed by atoms with E-state index in [2.05, 4.69) is 17.4 Å². The number of hydrogen-bond donors (Lipinski definition) is 1. The molecule has 2 aromatic carbocycles. The van der Waals surface area contributed by atoms with E-state index in [0.29, 0.717) is 12.6 Å². The quantitative estimate of drug-likeness (QED) is 0.900. The summed E-state index contributed by atoms with van der Waals surface area (Å²) in [6.45, 7) is 0.671. The summed E-state index contributed by atoms with van der Waals surface area (Å²) in [4.78, 5) is 17.2. The van der Waals surface area contributed by atoms with E-state index in [1.165, 1.54) is 17.7 Å². The van der Waals surface area contributed by atoms with Gasteiger partial charge in [-0.1, -0.05) is 36.4 Å². The van der Waals surface area contributed by atoms with Gasteiger partial charge in [-0.15, -0.1) is 0 Å². The largest absolute Gasteiger partial charge is 0.325 e. The van der Waals surface area contributed by atoms with Gasteiger partial charge in [-0.05, 0) is 55.1 Å². The summed E-state index contributed by atoms with van der Waals surface area (Å²) < 4.78 is 13.5. The van der Waals surface area contributed by atoms with E-state index >= 15 is 0 Å². The molecule has 2 aromatic rings. The lowest BCUT2D eigenvalue weighted by Crippen LogP contribution is -2.56. The smallest absolute Gasteiger partial charge is 0.320 e. The summed E-state index contributed by atoms with van der Waals surface area (Å²) in [5.74, 6) is -0.259. The summed E-state index contributed by atoms with van der Waals surface area (Å²) >= 11 is 0. The fourth-order valence-corrected chi connectivity index (χ4v) is 4.28. The third kappa shape index (κ3) is 3.32. The van der Waals surface area contributed by atoms with Gasteiger partial charge in [0.15, 0.2) is 0 Å². The number of nitrogens with zero attached hydrogens (tertiary/aromatic N) is 2. The number of carbonyl (C=O) groups is 1. The highest BCUT2D eigenvalue weighted by atomic mass is 19.1. The van der Waals surface area contributed by atoms with Gasteiger partial charge in [0.1, 0.15) is 5.82 Å². The van der Waals surface area contributed by atoms with Crippen LogP contribution in [0.4, 0.5) is 9.18 Å². The highest BCUT2D eigenvalue weighted by Gasteiger charge is 2.38. The minimum Gasteiger partial charge on any atom is -0.325 e. The van der Waals surface area contributed by atoms with Gasteiger partial charge >= 0.3 is 6.03 Å². The Bertz CT molecular complexity index is 817. The molecular formula is C22H26FN3O. The van der Waals surface area contributed by atoms with Crippen molar-refractivity contribution in [1.82, 2.24) is 15.1 Å². The molecule has 1 aliphatic heterocycles. The maximum Gasteiger partial charge on any atom is 0.320 e. The molecule has 2 aliphatic rings. The second-order valence-electron chi connectivity index (χ2n) is 7.60. The molecule has 0 bridgehead atoms. The molecule has 0 spiro atoms. The van der Waals surface area contributed by atoms with Crippen LogP contribution in [0.5, 0.6) is 0 Å². The molecule has 1 fully saturated rings. The first-order chi connectivity index (χ1) is 13.1. The van der Waals surface area contributed by atoms with Crippen LogP contribution in [0.3, 0.4) is 0 Å². The first kappa shape index (κ1) is 18.0. The van der Waals surface area contributed by atoms with Gasteiger partial charge < -0.3 is 15.1 Å². The Morgan fingerprint density at radius 3 is 2.56 bits per heavy atom. The number of fused-ring (bicyclic) bond motifs is 1. The fourth-order valence-electron chi connectivity index (χ4n) is 4.28. The molecule has 27 heavy (non-hydrogen) atoms. The zero-order valence-corrected chi connectivity index (χ0v) is 15.9. The predicted molar refractivity (Wildman–Crippen MR) is 104 cm³/mol.